The van der Waals surface area contributed by atoms with Gasteiger partial charge in [-0.05, 0) is 31.9 Å². The van der Waals surface area contributed by atoms with E-state index in [0.29, 0.717) is 23.7 Å². The van der Waals surface area contributed by atoms with Crippen LogP contribution in [-0.4, -0.2) is 35.6 Å². The highest BCUT2D eigenvalue weighted by Crippen LogP contribution is 2.23. The van der Waals surface area contributed by atoms with Gasteiger partial charge in [0.25, 0.3) is 0 Å². The molecule has 0 atom stereocenters. The summed E-state index contributed by atoms with van der Waals surface area (Å²) in [7, 11) is -3.43. The van der Waals surface area contributed by atoms with Crippen LogP contribution in [0.1, 0.15) is 25.0 Å². The lowest BCUT2D eigenvalue weighted by Crippen LogP contribution is -2.35. The summed E-state index contributed by atoms with van der Waals surface area (Å²) in [6.45, 7) is 2.97. The fourth-order valence-electron chi connectivity index (χ4n) is 2.65. The van der Waals surface area contributed by atoms with Crippen molar-refractivity contribution in [2.45, 2.75) is 31.1 Å². The lowest BCUT2D eigenvalue weighted by Gasteiger charge is -2.25. The minimum Gasteiger partial charge on any atom is -0.239 e. The molecule has 2 heterocycles. The molecule has 1 aromatic carbocycles. The van der Waals surface area contributed by atoms with Gasteiger partial charge in [0.15, 0.2) is 0 Å². The Balaban J connectivity index is 1.97. The predicted molar refractivity (Wildman–Crippen MR) is 80.9 cm³/mol. The Morgan fingerprint density at radius 3 is 2.38 bits per heavy atom. The maximum atomic E-state index is 12.7. The van der Waals surface area contributed by atoms with Crippen LogP contribution in [-0.2, 0) is 10.0 Å². The number of aromatic nitrogens is 2. The van der Waals surface area contributed by atoms with Crippen molar-refractivity contribution in [1.29, 1.82) is 0 Å². The van der Waals surface area contributed by atoms with Gasteiger partial charge in [0, 0.05) is 13.1 Å². The molecular weight excluding hydrogens is 286 g/mol. The summed E-state index contributed by atoms with van der Waals surface area (Å²) >= 11 is 0. The molecule has 1 fully saturated rings. The molecule has 1 saturated heterocycles. The number of sulfonamides is 1. The molecule has 6 heteroatoms. The fourth-order valence-corrected chi connectivity index (χ4v) is 4.32. The fraction of sp³-hybridized carbons (Fsp3) is 0.400. The average Bonchev–Trinajstić information content (AvgIpc) is 2.92. The topological polar surface area (TPSA) is 55.2 Å². The van der Waals surface area contributed by atoms with Gasteiger partial charge in [-0.1, -0.05) is 24.6 Å². The van der Waals surface area contributed by atoms with Crippen LogP contribution in [0.25, 0.3) is 5.69 Å². The standard InChI is InChI=1S/C15H19N3O2S/c1-13-15(21(19,20)17-10-6-3-7-11-17)12-18(16-13)14-8-4-2-5-9-14/h2,4-5,8-9,12H,3,6-7,10-11H2,1H3. The highest BCUT2D eigenvalue weighted by Gasteiger charge is 2.29. The van der Waals surface area contributed by atoms with Crippen LogP contribution in [0, 0.1) is 6.92 Å². The molecule has 5 nitrogen and oxygen atoms in total. The van der Waals surface area contributed by atoms with E-state index in [-0.39, 0.29) is 0 Å². The normalized spacial score (nSPS) is 17.0. The van der Waals surface area contributed by atoms with E-state index in [9.17, 15) is 8.42 Å². The summed E-state index contributed by atoms with van der Waals surface area (Å²) in [5, 5.41) is 4.35. The molecule has 21 heavy (non-hydrogen) atoms. The van der Waals surface area contributed by atoms with E-state index in [2.05, 4.69) is 5.10 Å². The Kier molecular flexibility index (Phi) is 3.82. The highest BCUT2D eigenvalue weighted by molar-refractivity contribution is 7.89. The van der Waals surface area contributed by atoms with E-state index in [1.165, 1.54) is 0 Å². The molecule has 0 N–H and O–H groups in total. The van der Waals surface area contributed by atoms with Crippen LogP contribution in [0.5, 0.6) is 0 Å². The van der Waals surface area contributed by atoms with Crippen molar-refractivity contribution in [2.75, 3.05) is 13.1 Å². The SMILES string of the molecule is Cc1nn(-c2ccccc2)cc1S(=O)(=O)N1CCCCC1. The van der Waals surface area contributed by atoms with Crippen LogP contribution in [0.3, 0.4) is 0 Å². The third-order valence-corrected chi connectivity index (χ3v) is 5.81. The lowest BCUT2D eigenvalue weighted by molar-refractivity contribution is 0.346. The molecule has 0 unspecified atom stereocenters. The van der Waals surface area contributed by atoms with Crippen LogP contribution < -0.4 is 0 Å². The minimum atomic E-state index is -3.43. The number of hydrogen-bond donors (Lipinski definition) is 0. The Morgan fingerprint density at radius 1 is 1.05 bits per heavy atom. The van der Waals surface area contributed by atoms with Gasteiger partial charge in [-0.25, -0.2) is 13.1 Å². The molecule has 0 bridgehead atoms. The Hall–Kier alpha value is -1.66. The molecule has 1 aliphatic rings. The molecular formula is C15H19N3O2S. The van der Waals surface area contributed by atoms with Crippen molar-refractivity contribution in [3.63, 3.8) is 0 Å². The lowest BCUT2D eigenvalue weighted by atomic mass is 10.2. The number of hydrogen-bond acceptors (Lipinski definition) is 3. The second-order valence-electron chi connectivity index (χ2n) is 5.32. The first kappa shape index (κ1) is 14.3. The zero-order chi connectivity index (χ0) is 14.9. The Morgan fingerprint density at radius 2 is 1.71 bits per heavy atom. The molecule has 0 radical (unpaired) electrons. The van der Waals surface area contributed by atoms with E-state index in [1.54, 1.807) is 22.1 Å². The molecule has 1 aromatic heterocycles. The number of aryl methyl sites for hydroxylation is 1. The molecule has 0 spiro atoms. The quantitative estimate of drug-likeness (QED) is 0.874. The van der Waals surface area contributed by atoms with Gasteiger partial charge in [-0.2, -0.15) is 9.40 Å². The van der Waals surface area contributed by atoms with E-state index in [0.717, 1.165) is 24.9 Å². The molecule has 0 aliphatic carbocycles. The number of rotatable bonds is 3. The first-order chi connectivity index (χ1) is 10.1. The zero-order valence-electron chi connectivity index (χ0n) is 12.1. The molecule has 2 aromatic rings. The van der Waals surface area contributed by atoms with Gasteiger partial charge >= 0.3 is 0 Å². The predicted octanol–water partition coefficient (Wildman–Crippen LogP) is 2.36. The average molecular weight is 305 g/mol. The van der Waals surface area contributed by atoms with Gasteiger partial charge in [-0.3, -0.25) is 0 Å². The second kappa shape index (κ2) is 5.61. The molecule has 1 aliphatic heterocycles. The number of piperidine rings is 1. The summed E-state index contributed by atoms with van der Waals surface area (Å²) in [6.07, 6.45) is 4.60. The summed E-state index contributed by atoms with van der Waals surface area (Å²) in [4.78, 5) is 0.313. The monoisotopic (exact) mass is 305 g/mol. The van der Waals surface area contributed by atoms with E-state index >= 15 is 0 Å². The van der Waals surface area contributed by atoms with Crippen molar-refractivity contribution < 1.29 is 8.42 Å². The van der Waals surface area contributed by atoms with Gasteiger partial charge in [0.2, 0.25) is 10.0 Å². The van der Waals surface area contributed by atoms with Crippen molar-refractivity contribution in [3.05, 3.63) is 42.2 Å². The van der Waals surface area contributed by atoms with Crippen LogP contribution in [0.4, 0.5) is 0 Å². The third kappa shape index (κ3) is 2.73. The summed E-state index contributed by atoms with van der Waals surface area (Å²) < 4.78 is 28.7. The number of benzene rings is 1. The van der Waals surface area contributed by atoms with Crippen molar-refractivity contribution in [2.24, 2.45) is 0 Å². The van der Waals surface area contributed by atoms with Gasteiger partial charge < -0.3 is 0 Å². The minimum absolute atomic E-state index is 0.313. The zero-order valence-corrected chi connectivity index (χ0v) is 12.9. The third-order valence-electron chi connectivity index (χ3n) is 3.81. The maximum Gasteiger partial charge on any atom is 0.246 e. The first-order valence-corrected chi connectivity index (χ1v) is 8.65. The second-order valence-corrected chi connectivity index (χ2v) is 7.23. The number of para-hydroxylation sites is 1. The molecule has 0 amide bonds. The molecule has 112 valence electrons. The Bertz CT molecular complexity index is 717. The van der Waals surface area contributed by atoms with E-state index < -0.39 is 10.0 Å². The van der Waals surface area contributed by atoms with Crippen LogP contribution in [0.15, 0.2) is 41.4 Å². The van der Waals surface area contributed by atoms with Gasteiger partial charge in [-0.15, -0.1) is 0 Å². The van der Waals surface area contributed by atoms with Crippen molar-refractivity contribution >= 4 is 10.0 Å². The van der Waals surface area contributed by atoms with E-state index in [4.69, 9.17) is 0 Å². The smallest absolute Gasteiger partial charge is 0.239 e. The maximum absolute atomic E-state index is 12.7. The molecule has 3 rings (SSSR count). The largest absolute Gasteiger partial charge is 0.246 e. The Labute approximate surface area is 125 Å². The van der Waals surface area contributed by atoms with Crippen LogP contribution in [0.2, 0.25) is 0 Å². The van der Waals surface area contributed by atoms with Crippen LogP contribution >= 0.6 is 0 Å². The number of nitrogens with zero attached hydrogens (tertiary/aromatic N) is 3. The first-order valence-electron chi connectivity index (χ1n) is 7.21. The van der Waals surface area contributed by atoms with Crippen molar-refractivity contribution in [1.82, 2.24) is 14.1 Å². The van der Waals surface area contributed by atoms with Crippen molar-refractivity contribution in [3.8, 4) is 5.69 Å². The highest BCUT2D eigenvalue weighted by atomic mass is 32.2. The molecule has 0 saturated carbocycles. The van der Waals surface area contributed by atoms with E-state index in [1.807, 2.05) is 30.3 Å². The van der Waals surface area contributed by atoms with Gasteiger partial charge in [0.1, 0.15) is 4.90 Å². The summed E-state index contributed by atoms with van der Waals surface area (Å²) in [6, 6.07) is 9.55. The summed E-state index contributed by atoms with van der Waals surface area (Å²) in [5.74, 6) is 0. The van der Waals surface area contributed by atoms with Gasteiger partial charge in [0.05, 0.1) is 17.6 Å². The summed E-state index contributed by atoms with van der Waals surface area (Å²) in [5.41, 5.74) is 1.41.